The first-order chi connectivity index (χ1) is 7.15. The van der Waals surface area contributed by atoms with Gasteiger partial charge >= 0.3 is 6.09 Å². The molecule has 0 saturated carbocycles. The first kappa shape index (κ1) is 10.3. The lowest BCUT2D eigenvalue weighted by Crippen LogP contribution is -2.55. The molecule has 1 fully saturated rings. The van der Waals surface area contributed by atoms with Crippen LogP contribution in [-0.4, -0.2) is 35.3 Å². The summed E-state index contributed by atoms with van der Waals surface area (Å²) in [6.45, 7) is 0.900. The van der Waals surface area contributed by atoms with Gasteiger partial charge < -0.3 is 14.7 Å². The van der Waals surface area contributed by atoms with Crippen LogP contribution in [0.15, 0.2) is 28.7 Å². The van der Waals surface area contributed by atoms with Crippen LogP contribution in [0.2, 0.25) is 0 Å². The molecule has 1 N–H and O–H groups in total. The van der Waals surface area contributed by atoms with Crippen molar-refractivity contribution in [2.75, 3.05) is 13.1 Å². The summed E-state index contributed by atoms with van der Waals surface area (Å²) in [5.74, 6) is 0.772. The number of carboxylic acid groups (broad SMARTS) is 1. The van der Waals surface area contributed by atoms with Crippen LogP contribution in [-0.2, 0) is 0 Å². The molecule has 1 saturated heterocycles. The zero-order valence-corrected chi connectivity index (χ0v) is 9.48. The normalized spacial score (nSPS) is 15.9. The number of amides is 1. The summed E-state index contributed by atoms with van der Waals surface area (Å²) in [6, 6.07) is 7.49. The molecule has 15 heavy (non-hydrogen) atoms. The molecule has 1 heterocycles. The molecular formula is C10H10BrNO3. The van der Waals surface area contributed by atoms with E-state index in [9.17, 15) is 4.79 Å². The Kier molecular flexibility index (Phi) is 2.81. The van der Waals surface area contributed by atoms with E-state index in [-0.39, 0.29) is 6.10 Å². The molecule has 5 heteroatoms. The van der Waals surface area contributed by atoms with Gasteiger partial charge in [-0.2, -0.15) is 0 Å². The lowest BCUT2D eigenvalue weighted by Gasteiger charge is -2.36. The van der Waals surface area contributed by atoms with Gasteiger partial charge in [-0.1, -0.05) is 15.9 Å². The first-order valence-corrected chi connectivity index (χ1v) is 5.34. The minimum absolute atomic E-state index is 0.0118. The summed E-state index contributed by atoms with van der Waals surface area (Å²) in [5.41, 5.74) is 0. The highest BCUT2D eigenvalue weighted by Gasteiger charge is 2.31. The topological polar surface area (TPSA) is 49.8 Å². The number of ether oxygens (including phenoxy) is 1. The highest BCUT2D eigenvalue weighted by atomic mass is 79.9. The Hall–Kier alpha value is -1.23. The average Bonchev–Trinajstić information content (AvgIpc) is 2.13. The van der Waals surface area contributed by atoms with Gasteiger partial charge in [0.15, 0.2) is 0 Å². The van der Waals surface area contributed by atoms with Crippen molar-refractivity contribution in [3.63, 3.8) is 0 Å². The lowest BCUT2D eigenvalue weighted by atomic mass is 10.2. The number of likely N-dealkylation sites (tertiary alicyclic amines) is 1. The van der Waals surface area contributed by atoms with Crippen LogP contribution in [0.4, 0.5) is 4.79 Å². The lowest BCUT2D eigenvalue weighted by molar-refractivity contribution is 0.0252. The van der Waals surface area contributed by atoms with Crippen molar-refractivity contribution in [1.82, 2.24) is 4.90 Å². The molecule has 1 aromatic carbocycles. The molecule has 80 valence electrons. The van der Waals surface area contributed by atoms with E-state index in [0.29, 0.717) is 13.1 Å². The highest BCUT2D eigenvalue weighted by Crippen LogP contribution is 2.20. The minimum atomic E-state index is -0.884. The Bertz CT molecular complexity index is 359. The third-order valence-electron chi connectivity index (χ3n) is 2.23. The standard InChI is InChI=1S/C10H10BrNO3/c11-7-1-3-8(4-2-7)15-9-5-12(6-9)10(13)14/h1-4,9H,5-6H2,(H,13,14). The fourth-order valence-corrected chi connectivity index (χ4v) is 1.64. The number of halogens is 1. The largest absolute Gasteiger partial charge is 0.487 e. The van der Waals surface area contributed by atoms with Gasteiger partial charge in [0.25, 0.3) is 0 Å². The van der Waals surface area contributed by atoms with Crippen molar-refractivity contribution >= 4 is 22.0 Å². The van der Waals surface area contributed by atoms with Crippen LogP contribution >= 0.6 is 15.9 Å². The maximum atomic E-state index is 10.5. The molecular weight excluding hydrogens is 262 g/mol. The van der Waals surface area contributed by atoms with E-state index in [4.69, 9.17) is 9.84 Å². The second-order valence-corrected chi connectivity index (χ2v) is 4.30. The Morgan fingerprint density at radius 2 is 2.00 bits per heavy atom. The van der Waals surface area contributed by atoms with Gasteiger partial charge in [-0.25, -0.2) is 4.79 Å². The summed E-state index contributed by atoms with van der Waals surface area (Å²) in [7, 11) is 0. The van der Waals surface area contributed by atoms with Crippen molar-refractivity contribution in [3.05, 3.63) is 28.7 Å². The number of nitrogens with zero attached hydrogens (tertiary/aromatic N) is 1. The fourth-order valence-electron chi connectivity index (χ4n) is 1.37. The zero-order chi connectivity index (χ0) is 10.8. The summed E-state index contributed by atoms with van der Waals surface area (Å²) in [5, 5.41) is 8.62. The second-order valence-electron chi connectivity index (χ2n) is 3.38. The number of hydrogen-bond donors (Lipinski definition) is 1. The third kappa shape index (κ3) is 2.41. The van der Waals surface area contributed by atoms with E-state index in [1.165, 1.54) is 4.90 Å². The SMILES string of the molecule is O=C(O)N1CC(Oc2ccc(Br)cc2)C1. The molecule has 1 aliphatic heterocycles. The minimum Gasteiger partial charge on any atom is -0.487 e. The van der Waals surface area contributed by atoms with E-state index in [0.717, 1.165) is 10.2 Å². The van der Waals surface area contributed by atoms with Gasteiger partial charge in [0.1, 0.15) is 11.9 Å². The molecule has 0 unspecified atom stereocenters. The second kappa shape index (κ2) is 4.10. The third-order valence-corrected chi connectivity index (χ3v) is 2.76. The van der Waals surface area contributed by atoms with Crippen LogP contribution in [0.3, 0.4) is 0 Å². The van der Waals surface area contributed by atoms with Gasteiger partial charge in [0.2, 0.25) is 0 Å². The van der Waals surface area contributed by atoms with Gasteiger partial charge in [-0.05, 0) is 24.3 Å². The molecule has 0 aromatic heterocycles. The highest BCUT2D eigenvalue weighted by molar-refractivity contribution is 9.10. The van der Waals surface area contributed by atoms with E-state index < -0.39 is 6.09 Å². The van der Waals surface area contributed by atoms with E-state index in [1.54, 1.807) is 0 Å². The Morgan fingerprint density at radius 3 is 2.53 bits per heavy atom. The van der Waals surface area contributed by atoms with Crippen molar-refractivity contribution in [2.45, 2.75) is 6.10 Å². The number of benzene rings is 1. The molecule has 0 atom stereocenters. The van der Waals surface area contributed by atoms with E-state index in [2.05, 4.69) is 15.9 Å². The fraction of sp³-hybridized carbons (Fsp3) is 0.300. The van der Waals surface area contributed by atoms with Crippen molar-refractivity contribution in [3.8, 4) is 5.75 Å². The van der Waals surface area contributed by atoms with Crippen molar-refractivity contribution < 1.29 is 14.6 Å². The molecule has 0 aliphatic carbocycles. The summed E-state index contributed by atoms with van der Waals surface area (Å²) < 4.78 is 6.56. The van der Waals surface area contributed by atoms with Crippen molar-refractivity contribution in [1.29, 1.82) is 0 Å². The van der Waals surface area contributed by atoms with Gasteiger partial charge in [0, 0.05) is 4.47 Å². The zero-order valence-electron chi connectivity index (χ0n) is 7.89. The smallest absolute Gasteiger partial charge is 0.407 e. The maximum absolute atomic E-state index is 10.5. The predicted molar refractivity (Wildman–Crippen MR) is 58.2 cm³/mol. The summed E-state index contributed by atoms with van der Waals surface area (Å²) in [4.78, 5) is 11.8. The maximum Gasteiger partial charge on any atom is 0.407 e. The monoisotopic (exact) mass is 271 g/mol. The van der Waals surface area contributed by atoms with Crippen LogP contribution in [0, 0.1) is 0 Å². The molecule has 1 aliphatic rings. The van der Waals surface area contributed by atoms with Crippen molar-refractivity contribution in [2.24, 2.45) is 0 Å². The number of rotatable bonds is 2. The summed E-state index contributed by atoms with van der Waals surface area (Å²) in [6.07, 6.45) is -0.895. The first-order valence-electron chi connectivity index (χ1n) is 4.55. The number of hydrogen-bond acceptors (Lipinski definition) is 2. The Labute approximate surface area is 95.6 Å². The van der Waals surface area contributed by atoms with E-state index >= 15 is 0 Å². The summed E-state index contributed by atoms with van der Waals surface area (Å²) >= 11 is 3.33. The van der Waals surface area contributed by atoms with E-state index in [1.807, 2.05) is 24.3 Å². The van der Waals surface area contributed by atoms with Gasteiger partial charge in [0.05, 0.1) is 13.1 Å². The van der Waals surface area contributed by atoms with Crippen LogP contribution < -0.4 is 4.74 Å². The molecule has 0 spiro atoms. The number of carbonyl (C=O) groups is 1. The molecule has 4 nitrogen and oxygen atoms in total. The van der Waals surface area contributed by atoms with Crippen LogP contribution in [0.5, 0.6) is 5.75 Å². The van der Waals surface area contributed by atoms with Gasteiger partial charge in [-0.15, -0.1) is 0 Å². The van der Waals surface area contributed by atoms with Gasteiger partial charge in [-0.3, -0.25) is 0 Å². The average molecular weight is 272 g/mol. The molecule has 0 radical (unpaired) electrons. The van der Waals surface area contributed by atoms with Crippen LogP contribution in [0.1, 0.15) is 0 Å². The molecule has 1 amide bonds. The Morgan fingerprint density at radius 1 is 1.40 bits per heavy atom. The Balaban J connectivity index is 1.85. The van der Waals surface area contributed by atoms with Crippen LogP contribution in [0.25, 0.3) is 0 Å². The quantitative estimate of drug-likeness (QED) is 0.897. The predicted octanol–water partition coefficient (Wildman–Crippen LogP) is 2.19. The molecule has 2 rings (SSSR count). The molecule has 0 bridgehead atoms. The molecule has 1 aromatic rings.